The summed E-state index contributed by atoms with van der Waals surface area (Å²) in [5, 5.41) is 2.76. The molecule has 1 amide bonds. The molecule has 0 atom stereocenters. The summed E-state index contributed by atoms with van der Waals surface area (Å²) < 4.78 is 38.0. The lowest BCUT2D eigenvalue weighted by molar-refractivity contribution is 0.102. The third kappa shape index (κ3) is 4.28. The van der Waals surface area contributed by atoms with E-state index in [0.29, 0.717) is 24.5 Å². The van der Waals surface area contributed by atoms with Gasteiger partial charge in [0.15, 0.2) is 0 Å². The molecule has 0 unspecified atom stereocenters. The Kier molecular flexibility index (Phi) is 6.21. The Hall–Kier alpha value is -2.58. The number of ether oxygens (including phenoxy) is 2. The molecule has 1 heterocycles. The van der Waals surface area contributed by atoms with Crippen molar-refractivity contribution in [3.05, 3.63) is 48.0 Å². The van der Waals surface area contributed by atoms with Gasteiger partial charge in [-0.05, 0) is 43.2 Å². The van der Waals surface area contributed by atoms with Crippen molar-refractivity contribution in [3.63, 3.8) is 0 Å². The van der Waals surface area contributed by atoms with E-state index in [-0.39, 0.29) is 16.2 Å². The molecule has 1 aliphatic rings. The second kappa shape index (κ2) is 8.62. The molecule has 150 valence electrons. The molecule has 0 radical (unpaired) electrons. The predicted octanol–water partition coefficient (Wildman–Crippen LogP) is 3.13. The summed E-state index contributed by atoms with van der Waals surface area (Å²) >= 11 is 0. The summed E-state index contributed by atoms with van der Waals surface area (Å²) in [6.07, 6.45) is 2.68. The van der Waals surface area contributed by atoms with Gasteiger partial charge in [-0.3, -0.25) is 4.79 Å². The number of methoxy groups -OCH3 is 2. The van der Waals surface area contributed by atoms with Crippen LogP contribution < -0.4 is 14.8 Å². The molecular weight excluding hydrogens is 380 g/mol. The van der Waals surface area contributed by atoms with Crippen LogP contribution in [-0.2, 0) is 10.0 Å². The van der Waals surface area contributed by atoms with Crippen molar-refractivity contribution in [2.75, 3.05) is 32.6 Å². The van der Waals surface area contributed by atoms with Crippen LogP contribution in [-0.4, -0.2) is 45.9 Å². The molecule has 2 aromatic rings. The van der Waals surface area contributed by atoms with Crippen LogP contribution in [0, 0.1) is 0 Å². The van der Waals surface area contributed by atoms with E-state index in [9.17, 15) is 13.2 Å². The van der Waals surface area contributed by atoms with Crippen molar-refractivity contribution in [1.82, 2.24) is 4.31 Å². The van der Waals surface area contributed by atoms with Crippen LogP contribution in [0.1, 0.15) is 29.6 Å². The highest BCUT2D eigenvalue weighted by molar-refractivity contribution is 7.89. The Morgan fingerprint density at radius 1 is 1.00 bits per heavy atom. The van der Waals surface area contributed by atoms with E-state index in [0.717, 1.165) is 19.3 Å². The second-order valence-electron chi connectivity index (χ2n) is 6.52. The fourth-order valence-corrected chi connectivity index (χ4v) is 4.87. The molecule has 8 heteroatoms. The Morgan fingerprint density at radius 3 is 2.43 bits per heavy atom. The molecule has 2 aromatic carbocycles. The SMILES string of the molecule is COc1cccc(NC(=O)c2ccc(OC)c(S(=O)(=O)N3CCCCC3)c2)c1. The number of nitrogens with one attached hydrogen (secondary N) is 1. The Balaban J connectivity index is 1.90. The normalized spacial score (nSPS) is 15.1. The molecule has 1 N–H and O–H groups in total. The number of sulfonamides is 1. The van der Waals surface area contributed by atoms with Gasteiger partial charge in [0.05, 0.1) is 14.2 Å². The van der Waals surface area contributed by atoms with Gasteiger partial charge in [0.1, 0.15) is 16.4 Å². The third-order valence-electron chi connectivity index (χ3n) is 4.69. The van der Waals surface area contributed by atoms with Crippen molar-refractivity contribution >= 4 is 21.6 Å². The van der Waals surface area contributed by atoms with E-state index < -0.39 is 15.9 Å². The van der Waals surface area contributed by atoms with Gasteiger partial charge in [-0.15, -0.1) is 0 Å². The minimum absolute atomic E-state index is 0.00944. The maximum atomic E-state index is 13.1. The summed E-state index contributed by atoms with van der Waals surface area (Å²) in [6.45, 7) is 0.956. The standard InChI is InChI=1S/C20H24N2O5S/c1-26-17-8-6-7-16(14-17)21-20(23)15-9-10-18(27-2)19(13-15)28(24,25)22-11-4-3-5-12-22/h6-10,13-14H,3-5,11-12H2,1-2H3,(H,21,23). The number of carbonyl (C=O) groups excluding carboxylic acids is 1. The van der Waals surface area contributed by atoms with Crippen LogP contribution in [0.5, 0.6) is 11.5 Å². The maximum Gasteiger partial charge on any atom is 0.255 e. The highest BCUT2D eigenvalue weighted by Crippen LogP contribution is 2.30. The van der Waals surface area contributed by atoms with Crippen molar-refractivity contribution in [1.29, 1.82) is 0 Å². The van der Waals surface area contributed by atoms with Gasteiger partial charge in [0.25, 0.3) is 5.91 Å². The lowest BCUT2D eigenvalue weighted by atomic mass is 10.2. The van der Waals surface area contributed by atoms with Crippen molar-refractivity contribution < 1.29 is 22.7 Å². The first-order chi connectivity index (χ1) is 13.5. The van der Waals surface area contributed by atoms with Crippen molar-refractivity contribution in [3.8, 4) is 11.5 Å². The van der Waals surface area contributed by atoms with Gasteiger partial charge in [0.2, 0.25) is 10.0 Å². The smallest absolute Gasteiger partial charge is 0.255 e. The first-order valence-electron chi connectivity index (χ1n) is 9.09. The molecule has 28 heavy (non-hydrogen) atoms. The van der Waals surface area contributed by atoms with E-state index in [4.69, 9.17) is 9.47 Å². The molecular formula is C20H24N2O5S. The summed E-state index contributed by atoms with van der Waals surface area (Å²) in [5.41, 5.74) is 0.791. The quantitative estimate of drug-likeness (QED) is 0.800. The van der Waals surface area contributed by atoms with E-state index >= 15 is 0 Å². The number of hydrogen-bond acceptors (Lipinski definition) is 5. The van der Waals surface area contributed by atoms with E-state index in [1.54, 1.807) is 37.4 Å². The van der Waals surface area contributed by atoms with Crippen LogP contribution in [0.2, 0.25) is 0 Å². The monoisotopic (exact) mass is 404 g/mol. The summed E-state index contributed by atoms with van der Waals surface area (Å²) in [6, 6.07) is 11.4. The lowest BCUT2D eigenvalue weighted by Crippen LogP contribution is -2.35. The second-order valence-corrected chi connectivity index (χ2v) is 8.42. The lowest BCUT2D eigenvalue weighted by Gasteiger charge is -2.26. The summed E-state index contributed by atoms with van der Waals surface area (Å²) in [4.78, 5) is 12.7. The number of nitrogens with zero attached hydrogens (tertiary/aromatic N) is 1. The van der Waals surface area contributed by atoms with Crippen molar-refractivity contribution in [2.24, 2.45) is 0 Å². The fourth-order valence-electron chi connectivity index (χ4n) is 3.17. The fraction of sp³-hybridized carbons (Fsp3) is 0.350. The van der Waals surface area contributed by atoms with Gasteiger partial charge in [0, 0.05) is 30.4 Å². The van der Waals surface area contributed by atoms with Crippen LogP contribution in [0.3, 0.4) is 0 Å². The molecule has 0 saturated carbocycles. The van der Waals surface area contributed by atoms with Gasteiger partial charge in [-0.1, -0.05) is 12.5 Å². The maximum absolute atomic E-state index is 13.1. The number of benzene rings is 2. The summed E-state index contributed by atoms with van der Waals surface area (Å²) in [5.74, 6) is 0.426. The molecule has 1 fully saturated rings. The minimum atomic E-state index is -3.74. The highest BCUT2D eigenvalue weighted by Gasteiger charge is 2.29. The van der Waals surface area contributed by atoms with E-state index in [1.165, 1.54) is 23.5 Å². The van der Waals surface area contributed by atoms with Crippen LogP contribution in [0.15, 0.2) is 47.4 Å². The highest BCUT2D eigenvalue weighted by atomic mass is 32.2. The summed E-state index contributed by atoms with van der Waals surface area (Å²) in [7, 11) is -0.775. The van der Waals surface area contributed by atoms with Gasteiger partial charge < -0.3 is 14.8 Å². The van der Waals surface area contributed by atoms with E-state index in [2.05, 4.69) is 5.32 Å². The molecule has 0 aliphatic carbocycles. The number of rotatable bonds is 6. The predicted molar refractivity (Wildman–Crippen MR) is 107 cm³/mol. The first kappa shape index (κ1) is 20.2. The minimum Gasteiger partial charge on any atom is -0.497 e. The van der Waals surface area contributed by atoms with Crippen LogP contribution >= 0.6 is 0 Å². The number of carbonyl (C=O) groups is 1. The molecule has 7 nitrogen and oxygen atoms in total. The average Bonchev–Trinajstić information content (AvgIpc) is 2.74. The van der Waals surface area contributed by atoms with Crippen LogP contribution in [0.25, 0.3) is 0 Å². The molecule has 0 bridgehead atoms. The van der Waals surface area contributed by atoms with Gasteiger partial charge in [-0.25, -0.2) is 8.42 Å². The molecule has 0 aromatic heterocycles. The molecule has 1 saturated heterocycles. The average molecular weight is 404 g/mol. The number of amides is 1. The molecule has 1 aliphatic heterocycles. The van der Waals surface area contributed by atoms with E-state index in [1.807, 2.05) is 0 Å². The molecule has 3 rings (SSSR count). The Morgan fingerprint density at radius 2 is 1.75 bits per heavy atom. The largest absolute Gasteiger partial charge is 0.497 e. The zero-order valence-corrected chi connectivity index (χ0v) is 16.8. The number of hydrogen-bond donors (Lipinski definition) is 1. The molecule has 0 spiro atoms. The van der Waals surface area contributed by atoms with Crippen LogP contribution in [0.4, 0.5) is 5.69 Å². The topological polar surface area (TPSA) is 84.9 Å². The van der Waals surface area contributed by atoms with Crippen molar-refractivity contribution in [2.45, 2.75) is 24.2 Å². The first-order valence-corrected chi connectivity index (χ1v) is 10.5. The van der Waals surface area contributed by atoms with Gasteiger partial charge in [-0.2, -0.15) is 4.31 Å². The number of piperidine rings is 1. The number of anilines is 1. The Labute approximate surface area is 165 Å². The van der Waals surface area contributed by atoms with Gasteiger partial charge >= 0.3 is 0 Å². The zero-order chi connectivity index (χ0) is 20.1. The third-order valence-corrected chi connectivity index (χ3v) is 6.61. The Bertz CT molecular complexity index is 953. The zero-order valence-electron chi connectivity index (χ0n) is 16.0.